The Morgan fingerprint density at radius 2 is 1.84 bits per heavy atom. The summed E-state index contributed by atoms with van der Waals surface area (Å²) in [4.78, 5) is 48.3. The molecule has 4 heterocycles. The van der Waals surface area contributed by atoms with Crippen LogP contribution in [0.3, 0.4) is 0 Å². The minimum atomic E-state index is -3.17. The Morgan fingerprint density at radius 1 is 1.14 bits per heavy atom. The number of aromatic nitrogens is 4. The van der Waals surface area contributed by atoms with E-state index in [1.54, 1.807) is 44.8 Å². The number of likely N-dealkylation sites (N-methyl/N-ethyl adjacent to an activating group) is 1. The number of alkyl halides is 1. The molecule has 0 bridgehead atoms. The maximum atomic E-state index is 16.7. The maximum Gasteiger partial charge on any atom is 0.351 e. The molecular formula is C39H61FN6O9S. The fraction of sp³-hybridized carbons (Fsp3) is 0.744. The van der Waals surface area contributed by atoms with Crippen molar-refractivity contribution in [1.29, 1.82) is 0 Å². The summed E-state index contributed by atoms with van der Waals surface area (Å²) < 4.78 is 42.6. The van der Waals surface area contributed by atoms with Crippen LogP contribution in [-0.2, 0) is 39.9 Å². The van der Waals surface area contributed by atoms with Gasteiger partial charge in [-0.3, -0.25) is 9.59 Å². The summed E-state index contributed by atoms with van der Waals surface area (Å²) in [5.41, 5.74) is -5.86. The van der Waals surface area contributed by atoms with Crippen molar-refractivity contribution in [2.24, 2.45) is 17.8 Å². The van der Waals surface area contributed by atoms with Crippen molar-refractivity contribution in [1.82, 2.24) is 30.2 Å². The molecule has 4 rings (SSSR count). The second kappa shape index (κ2) is 18.7. The number of nitrogens with one attached hydrogen (secondary N) is 1. The lowest BCUT2D eigenvalue weighted by Gasteiger charge is -2.47. The number of halogens is 1. The van der Waals surface area contributed by atoms with Crippen LogP contribution in [-0.4, -0.2) is 140 Å². The lowest BCUT2D eigenvalue weighted by atomic mass is 9.73. The van der Waals surface area contributed by atoms with Gasteiger partial charge < -0.3 is 39.4 Å². The molecular weight excluding hydrogens is 748 g/mol. The van der Waals surface area contributed by atoms with Crippen LogP contribution < -0.4 is 5.32 Å². The van der Waals surface area contributed by atoms with E-state index in [0.29, 0.717) is 18.7 Å². The lowest BCUT2D eigenvalue weighted by molar-refractivity contribution is -0.295. The first kappa shape index (κ1) is 45.7. The number of carbonyl (C=O) groups is 3. The molecule has 2 aliphatic rings. The quantitative estimate of drug-likeness (QED) is 0.170. The highest BCUT2D eigenvalue weighted by molar-refractivity contribution is 7.13. The molecule has 0 saturated carbocycles. The van der Waals surface area contributed by atoms with Crippen LogP contribution in [0, 0.1) is 17.8 Å². The van der Waals surface area contributed by atoms with Gasteiger partial charge in [0.1, 0.15) is 34.3 Å². The highest BCUT2D eigenvalue weighted by Gasteiger charge is 2.56. The highest BCUT2D eigenvalue weighted by Crippen LogP contribution is 2.39. The highest BCUT2D eigenvalue weighted by atomic mass is 32.1. The zero-order valence-electron chi connectivity index (χ0n) is 34.5. The third-order valence-electron chi connectivity index (χ3n) is 11.5. The number of allylic oxidation sites excluding steroid dienone is 1. The van der Waals surface area contributed by atoms with E-state index in [-0.39, 0.29) is 37.3 Å². The van der Waals surface area contributed by atoms with E-state index in [1.807, 2.05) is 43.5 Å². The molecule has 0 aromatic carbocycles. The number of thiazole rings is 1. The molecule has 2 aliphatic heterocycles. The molecule has 2 unspecified atom stereocenters. The Labute approximate surface area is 333 Å². The third kappa shape index (κ3) is 9.97. The third-order valence-corrected chi connectivity index (χ3v) is 12.3. The Morgan fingerprint density at radius 3 is 2.45 bits per heavy atom. The average molecular weight is 809 g/mol. The van der Waals surface area contributed by atoms with Gasteiger partial charge in [-0.1, -0.05) is 45.1 Å². The molecule has 15 nitrogen and oxygen atoms in total. The number of cyclic esters (lactones) is 1. The first-order valence-corrected chi connectivity index (χ1v) is 20.2. The normalized spacial score (nSPS) is 38.2. The minimum absolute atomic E-state index is 0.00470. The molecule has 2 aromatic heterocycles. The Balaban J connectivity index is 1.66. The topological polar surface area (TPSA) is 187 Å². The zero-order chi connectivity index (χ0) is 41.7. The van der Waals surface area contributed by atoms with Crippen LogP contribution in [0.25, 0.3) is 10.7 Å². The van der Waals surface area contributed by atoms with E-state index >= 15 is 4.39 Å². The van der Waals surface area contributed by atoms with Gasteiger partial charge in [-0.05, 0) is 61.1 Å². The predicted octanol–water partition coefficient (Wildman–Crippen LogP) is 3.38. The summed E-state index contributed by atoms with van der Waals surface area (Å²) in [6.45, 7) is 12.8. The molecule has 17 heteroatoms. The Bertz CT molecular complexity index is 1650. The largest absolute Gasteiger partial charge is 0.457 e. The van der Waals surface area contributed by atoms with Crippen molar-refractivity contribution in [2.75, 3.05) is 27.7 Å². The second-order valence-corrected chi connectivity index (χ2v) is 17.0. The summed E-state index contributed by atoms with van der Waals surface area (Å²) in [6.07, 6.45) is 2.36. The number of ketones is 2. The van der Waals surface area contributed by atoms with E-state index in [9.17, 15) is 24.6 Å². The number of esters is 1. The van der Waals surface area contributed by atoms with E-state index in [4.69, 9.17) is 18.9 Å². The van der Waals surface area contributed by atoms with Crippen LogP contribution in [0.5, 0.6) is 0 Å². The zero-order valence-corrected chi connectivity index (χ0v) is 35.3. The summed E-state index contributed by atoms with van der Waals surface area (Å²) in [5.74, 6) is -5.82. The fourth-order valence-corrected chi connectivity index (χ4v) is 8.72. The maximum absolute atomic E-state index is 16.7. The number of hydrogen-bond acceptors (Lipinski definition) is 15. The number of carbonyl (C=O) groups excluding carboxylic acids is 3. The van der Waals surface area contributed by atoms with Crippen LogP contribution in [0.2, 0.25) is 0 Å². The SMILES string of the molecule is CC[C@H]1OC(=O)[C@@](C)(F)C(=O)[C@H](C)[C@@H](O[C@@H]2O[C@H](C)CC(N(C)C)C2O)[C@](C)(OC)C[C@@H](C)C(=O)[C@H](C)[C@@H](NC/C=C/Cn2cc(-c3nccs3)nn2)[C@]1(C)O. The van der Waals surface area contributed by atoms with Gasteiger partial charge >= 0.3 is 5.97 Å². The first-order valence-electron chi connectivity index (χ1n) is 19.3. The summed E-state index contributed by atoms with van der Waals surface area (Å²) in [7, 11) is 5.04. The van der Waals surface area contributed by atoms with Crippen molar-refractivity contribution < 1.29 is 47.9 Å². The van der Waals surface area contributed by atoms with Crippen LogP contribution in [0.15, 0.2) is 29.9 Å². The monoisotopic (exact) mass is 808 g/mol. The van der Waals surface area contributed by atoms with E-state index in [1.165, 1.54) is 32.3 Å². The van der Waals surface area contributed by atoms with Gasteiger partial charge in [0.05, 0.1) is 30.6 Å². The van der Waals surface area contributed by atoms with Gasteiger partial charge in [0.25, 0.3) is 5.67 Å². The second-order valence-electron chi connectivity index (χ2n) is 16.1. The average Bonchev–Trinajstić information content (AvgIpc) is 3.86. The summed E-state index contributed by atoms with van der Waals surface area (Å²) in [6, 6.07) is -1.35. The Hall–Kier alpha value is -3.03. The van der Waals surface area contributed by atoms with Gasteiger partial charge in [0, 0.05) is 55.1 Å². The molecule has 13 atom stereocenters. The summed E-state index contributed by atoms with van der Waals surface area (Å²) >= 11 is 1.46. The van der Waals surface area contributed by atoms with Crippen molar-refractivity contribution in [3.8, 4) is 10.7 Å². The number of aliphatic hydroxyl groups excluding tert-OH is 1. The standard InChI is InChI=1S/C39H61FN6O9S/c1-12-28-39(8,51)31(41-15-13-14-17-46-21-26(43-44-46)34-42-16-18-56-34)24(4)29(47)22(2)20-37(6,52-11)33(25(5)32(49)38(7,40)36(50)54-28)55-35-30(48)27(45(9)10)19-23(3)53-35/h13-14,16,18,21-25,27-28,30-31,33,35,41,48,51H,12,15,17,19-20H2,1-11H3/b14-13+/t22-,23-,24+,25+,27?,28-,30?,31-,33-,35+,37-,38+,39-/m1/s1. The fourth-order valence-electron chi connectivity index (χ4n) is 8.13. The van der Waals surface area contributed by atoms with Gasteiger partial charge in [-0.2, -0.15) is 0 Å². The number of aliphatic hydroxyl groups is 2. The number of Topliss-reactive ketones (excluding diaryl/α,β-unsaturated/α-hetero) is 2. The van der Waals surface area contributed by atoms with Crippen LogP contribution in [0.1, 0.15) is 74.7 Å². The molecule has 0 spiro atoms. The molecule has 0 radical (unpaired) electrons. The number of rotatable bonds is 11. The number of ether oxygens (including phenoxy) is 4. The molecule has 2 saturated heterocycles. The number of nitrogens with zero attached hydrogens (tertiary/aromatic N) is 5. The van der Waals surface area contributed by atoms with Crippen molar-refractivity contribution in [3.05, 3.63) is 29.9 Å². The molecule has 2 fully saturated rings. The molecule has 56 heavy (non-hydrogen) atoms. The molecule has 0 amide bonds. The van der Waals surface area contributed by atoms with Crippen molar-refractivity contribution in [2.45, 2.75) is 141 Å². The Kier molecular flexibility index (Phi) is 15.3. The van der Waals surface area contributed by atoms with Gasteiger partial charge in [0.15, 0.2) is 12.1 Å². The molecule has 0 aliphatic carbocycles. The van der Waals surface area contributed by atoms with E-state index < -0.39 is 77.0 Å². The molecule has 3 N–H and O–H groups in total. The summed E-state index contributed by atoms with van der Waals surface area (Å²) in [5, 5.41) is 37.7. The van der Waals surface area contributed by atoms with Gasteiger partial charge in [-0.25, -0.2) is 18.9 Å². The van der Waals surface area contributed by atoms with Crippen molar-refractivity contribution in [3.63, 3.8) is 0 Å². The van der Waals surface area contributed by atoms with Gasteiger partial charge in [-0.15, -0.1) is 16.4 Å². The van der Waals surface area contributed by atoms with E-state index in [2.05, 4.69) is 20.6 Å². The van der Waals surface area contributed by atoms with Gasteiger partial charge in [0.2, 0.25) is 0 Å². The van der Waals surface area contributed by atoms with E-state index in [0.717, 1.165) is 11.9 Å². The first-order chi connectivity index (χ1) is 26.2. The minimum Gasteiger partial charge on any atom is -0.457 e. The molecule has 2 aromatic rings. The van der Waals surface area contributed by atoms with Crippen LogP contribution >= 0.6 is 11.3 Å². The lowest BCUT2D eigenvalue weighted by Crippen LogP contribution is -2.63. The number of methoxy groups -OCH3 is 1. The smallest absolute Gasteiger partial charge is 0.351 e. The van der Waals surface area contributed by atoms with Crippen molar-refractivity contribution >= 4 is 28.9 Å². The predicted molar refractivity (Wildman–Crippen MR) is 207 cm³/mol. The number of hydrogen-bond donors (Lipinski definition) is 3. The van der Waals surface area contributed by atoms with Crippen LogP contribution in [0.4, 0.5) is 4.39 Å². The molecule has 314 valence electrons.